The van der Waals surface area contributed by atoms with Gasteiger partial charge in [-0.3, -0.25) is 15.1 Å². The van der Waals surface area contributed by atoms with E-state index in [-0.39, 0.29) is 10.6 Å². The Morgan fingerprint density at radius 1 is 1.24 bits per heavy atom. The van der Waals surface area contributed by atoms with Crippen LogP contribution in [0, 0.1) is 30.9 Å². The maximum atomic E-state index is 11.1. The van der Waals surface area contributed by atoms with Gasteiger partial charge in [0, 0.05) is 36.6 Å². The predicted octanol–water partition coefficient (Wildman–Crippen LogP) is 1.99. The monoisotopic (exact) mass is 287 g/mol. The number of hydrogen-bond donors (Lipinski definition) is 1. The van der Waals surface area contributed by atoms with Crippen molar-refractivity contribution in [2.75, 3.05) is 0 Å². The third-order valence-corrected chi connectivity index (χ3v) is 3.19. The van der Waals surface area contributed by atoms with Crippen molar-refractivity contribution in [1.29, 1.82) is 0 Å². The van der Waals surface area contributed by atoms with Crippen molar-refractivity contribution in [3.63, 3.8) is 0 Å². The van der Waals surface area contributed by atoms with Gasteiger partial charge >= 0.3 is 0 Å². The van der Waals surface area contributed by atoms with Gasteiger partial charge in [-0.15, -0.1) is 0 Å². The van der Waals surface area contributed by atoms with Crippen LogP contribution >= 0.6 is 0 Å². The zero-order chi connectivity index (χ0) is 15.4. The van der Waals surface area contributed by atoms with Crippen LogP contribution in [0.15, 0.2) is 18.5 Å². The summed E-state index contributed by atoms with van der Waals surface area (Å²) in [5.41, 5.74) is 2.87. The molecule has 0 aromatic carbocycles. The molecule has 0 unspecified atom stereocenters. The van der Waals surface area contributed by atoms with E-state index in [1.807, 2.05) is 13.0 Å². The van der Waals surface area contributed by atoms with Crippen LogP contribution in [0.3, 0.4) is 0 Å². The molecule has 0 atom stereocenters. The molecular weight excluding hydrogens is 270 g/mol. The largest absolute Gasteiger partial charge is 0.305 e. The van der Waals surface area contributed by atoms with Crippen LogP contribution in [-0.4, -0.2) is 19.9 Å². The first kappa shape index (κ1) is 15.0. The van der Waals surface area contributed by atoms with Crippen molar-refractivity contribution in [1.82, 2.24) is 20.3 Å². The lowest BCUT2D eigenvalue weighted by atomic mass is 10.1. The van der Waals surface area contributed by atoms with Crippen LogP contribution in [0.5, 0.6) is 0 Å². The topological polar surface area (TPSA) is 93.8 Å². The average molecular weight is 287 g/mol. The lowest BCUT2D eigenvalue weighted by molar-refractivity contribution is -0.386. The molecule has 7 nitrogen and oxygen atoms in total. The molecule has 2 heterocycles. The third-order valence-electron chi connectivity index (χ3n) is 3.19. The molecule has 0 saturated carbocycles. The van der Waals surface area contributed by atoms with Crippen molar-refractivity contribution in [2.24, 2.45) is 0 Å². The standard InChI is InChI=1S/C14H17N5O2/c1-9-6-17-13(10(2)14(9)19(20)21)8-15-7-12-4-5-16-11(3)18-12/h4-6,15H,7-8H2,1-3H3. The quantitative estimate of drug-likeness (QED) is 0.667. The number of nitro groups is 1. The highest BCUT2D eigenvalue weighted by Crippen LogP contribution is 2.23. The van der Waals surface area contributed by atoms with Gasteiger partial charge in [0.25, 0.3) is 5.69 Å². The molecule has 0 aliphatic heterocycles. The van der Waals surface area contributed by atoms with Gasteiger partial charge in [-0.1, -0.05) is 0 Å². The Balaban J connectivity index is 2.07. The van der Waals surface area contributed by atoms with E-state index in [0.717, 1.165) is 11.5 Å². The van der Waals surface area contributed by atoms with Crippen LogP contribution in [0.1, 0.15) is 28.3 Å². The molecule has 7 heteroatoms. The highest BCUT2D eigenvalue weighted by atomic mass is 16.6. The van der Waals surface area contributed by atoms with Gasteiger partial charge in [-0.25, -0.2) is 9.97 Å². The van der Waals surface area contributed by atoms with Gasteiger partial charge in [0.15, 0.2) is 0 Å². The van der Waals surface area contributed by atoms with Crippen LogP contribution < -0.4 is 5.32 Å². The summed E-state index contributed by atoms with van der Waals surface area (Å²) in [6, 6.07) is 1.83. The Bertz CT molecular complexity index is 672. The second-order valence-electron chi connectivity index (χ2n) is 4.82. The fourth-order valence-electron chi connectivity index (χ4n) is 2.14. The molecule has 0 fully saturated rings. The number of aromatic nitrogens is 3. The summed E-state index contributed by atoms with van der Waals surface area (Å²) in [5, 5.41) is 14.3. The van der Waals surface area contributed by atoms with Gasteiger partial charge in [0.2, 0.25) is 0 Å². The van der Waals surface area contributed by atoms with Crippen LogP contribution in [0.4, 0.5) is 5.69 Å². The predicted molar refractivity (Wildman–Crippen MR) is 77.7 cm³/mol. The number of nitrogens with zero attached hydrogens (tertiary/aromatic N) is 4. The van der Waals surface area contributed by atoms with E-state index in [9.17, 15) is 10.1 Å². The molecule has 0 amide bonds. The highest BCUT2D eigenvalue weighted by molar-refractivity contribution is 5.47. The zero-order valence-corrected chi connectivity index (χ0v) is 12.3. The Morgan fingerprint density at radius 3 is 2.67 bits per heavy atom. The summed E-state index contributed by atoms with van der Waals surface area (Å²) in [6.45, 7) is 6.27. The SMILES string of the molecule is Cc1nccc(CNCc2ncc(C)c([N+](=O)[O-])c2C)n1. The fraction of sp³-hybridized carbons (Fsp3) is 0.357. The fourth-order valence-corrected chi connectivity index (χ4v) is 2.14. The molecule has 0 radical (unpaired) electrons. The van der Waals surface area contributed by atoms with Gasteiger partial charge in [-0.05, 0) is 26.8 Å². The van der Waals surface area contributed by atoms with Crippen molar-refractivity contribution >= 4 is 5.69 Å². The summed E-state index contributed by atoms with van der Waals surface area (Å²) in [4.78, 5) is 23.3. The maximum absolute atomic E-state index is 11.1. The van der Waals surface area contributed by atoms with E-state index in [1.54, 1.807) is 20.0 Å². The molecule has 110 valence electrons. The first-order valence-electron chi connectivity index (χ1n) is 6.57. The third kappa shape index (κ3) is 3.57. The minimum Gasteiger partial charge on any atom is -0.305 e. The second kappa shape index (κ2) is 6.36. The Kier molecular flexibility index (Phi) is 4.54. The normalized spacial score (nSPS) is 10.6. The number of pyridine rings is 1. The summed E-state index contributed by atoms with van der Waals surface area (Å²) >= 11 is 0. The van der Waals surface area contributed by atoms with E-state index in [1.165, 1.54) is 6.20 Å². The number of aryl methyl sites for hydroxylation is 2. The zero-order valence-electron chi connectivity index (χ0n) is 12.3. The van der Waals surface area contributed by atoms with Gasteiger partial charge in [0.1, 0.15) is 5.82 Å². The van der Waals surface area contributed by atoms with E-state index in [2.05, 4.69) is 20.3 Å². The molecule has 2 aromatic heterocycles. The second-order valence-corrected chi connectivity index (χ2v) is 4.82. The van der Waals surface area contributed by atoms with Crippen LogP contribution in [0.2, 0.25) is 0 Å². The van der Waals surface area contributed by atoms with Crippen molar-refractivity contribution in [3.05, 3.63) is 56.9 Å². The van der Waals surface area contributed by atoms with Gasteiger partial charge < -0.3 is 5.32 Å². The summed E-state index contributed by atoms with van der Waals surface area (Å²) in [6.07, 6.45) is 3.25. The van der Waals surface area contributed by atoms with E-state index in [0.29, 0.717) is 29.9 Å². The highest BCUT2D eigenvalue weighted by Gasteiger charge is 2.18. The lowest BCUT2D eigenvalue weighted by Gasteiger charge is -2.08. The minimum absolute atomic E-state index is 0.139. The minimum atomic E-state index is -0.358. The molecule has 0 aliphatic rings. The van der Waals surface area contributed by atoms with Crippen LogP contribution in [0.25, 0.3) is 0 Å². The molecular formula is C14H17N5O2. The lowest BCUT2D eigenvalue weighted by Crippen LogP contribution is -2.16. The van der Waals surface area contributed by atoms with E-state index < -0.39 is 0 Å². The number of rotatable bonds is 5. The number of nitrogens with one attached hydrogen (secondary N) is 1. The van der Waals surface area contributed by atoms with Crippen molar-refractivity contribution in [3.8, 4) is 0 Å². The average Bonchev–Trinajstić information content (AvgIpc) is 2.41. The Labute approximate surface area is 122 Å². The molecule has 0 saturated heterocycles. The van der Waals surface area contributed by atoms with Gasteiger partial charge in [0.05, 0.1) is 16.3 Å². The molecule has 2 aromatic rings. The van der Waals surface area contributed by atoms with Crippen molar-refractivity contribution in [2.45, 2.75) is 33.9 Å². The maximum Gasteiger partial charge on any atom is 0.278 e. The summed E-state index contributed by atoms with van der Waals surface area (Å²) < 4.78 is 0. The molecule has 0 aliphatic carbocycles. The number of hydrogen-bond acceptors (Lipinski definition) is 6. The molecule has 21 heavy (non-hydrogen) atoms. The molecule has 0 spiro atoms. The molecule has 2 rings (SSSR count). The first-order valence-corrected chi connectivity index (χ1v) is 6.57. The van der Waals surface area contributed by atoms with E-state index in [4.69, 9.17) is 0 Å². The summed E-state index contributed by atoms with van der Waals surface area (Å²) in [5.74, 6) is 0.717. The van der Waals surface area contributed by atoms with E-state index >= 15 is 0 Å². The Morgan fingerprint density at radius 2 is 2.00 bits per heavy atom. The molecule has 0 bridgehead atoms. The summed E-state index contributed by atoms with van der Waals surface area (Å²) in [7, 11) is 0. The first-order chi connectivity index (χ1) is 9.99. The van der Waals surface area contributed by atoms with Gasteiger partial charge in [-0.2, -0.15) is 0 Å². The Hall–Kier alpha value is -2.41. The van der Waals surface area contributed by atoms with Crippen LogP contribution in [-0.2, 0) is 13.1 Å². The molecule has 1 N–H and O–H groups in total. The van der Waals surface area contributed by atoms with Crippen molar-refractivity contribution < 1.29 is 4.92 Å². The smallest absolute Gasteiger partial charge is 0.278 e.